The molecule has 0 bridgehead atoms. The van der Waals surface area contributed by atoms with E-state index in [-0.39, 0.29) is 18.2 Å². The first kappa shape index (κ1) is 17.2. The Balaban J connectivity index is 1.48. The summed E-state index contributed by atoms with van der Waals surface area (Å²) in [6.45, 7) is 2.20. The lowest BCUT2D eigenvalue weighted by Crippen LogP contribution is -2.28. The number of hydrogen-bond acceptors (Lipinski definition) is 3. The number of aromatic nitrogens is 2. The van der Waals surface area contributed by atoms with Gasteiger partial charge in [-0.15, -0.1) is 0 Å². The van der Waals surface area contributed by atoms with Crippen LogP contribution in [0.5, 0.6) is 0 Å². The highest BCUT2D eigenvalue weighted by molar-refractivity contribution is 5.96. The van der Waals surface area contributed by atoms with Crippen LogP contribution in [0.4, 0.5) is 5.82 Å². The lowest BCUT2D eigenvalue weighted by Gasteiger charge is -2.14. The molecule has 0 aliphatic heterocycles. The SMILES string of the molecule is Cc1ccccc1C(=O)NCCC(=O)Nc1ccnn1C1CCCC1. The number of nitrogens with zero attached hydrogens (tertiary/aromatic N) is 2. The number of amides is 2. The molecule has 132 valence electrons. The highest BCUT2D eigenvalue weighted by Gasteiger charge is 2.20. The first-order valence-corrected chi connectivity index (χ1v) is 8.82. The number of carbonyl (C=O) groups is 2. The summed E-state index contributed by atoms with van der Waals surface area (Å²) >= 11 is 0. The molecule has 6 heteroatoms. The molecule has 0 unspecified atom stereocenters. The average molecular weight is 340 g/mol. The van der Waals surface area contributed by atoms with Crippen LogP contribution in [0.15, 0.2) is 36.5 Å². The molecule has 25 heavy (non-hydrogen) atoms. The maximum Gasteiger partial charge on any atom is 0.251 e. The third-order valence-corrected chi connectivity index (χ3v) is 4.64. The smallest absolute Gasteiger partial charge is 0.251 e. The van der Waals surface area contributed by atoms with Gasteiger partial charge in [0.2, 0.25) is 5.91 Å². The predicted molar refractivity (Wildman–Crippen MR) is 96.5 cm³/mol. The number of aryl methyl sites for hydroxylation is 1. The van der Waals surface area contributed by atoms with Gasteiger partial charge in [0.25, 0.3) is 5.91 Å². The van der Waals surface area contributed by atoms with Crippen molar-refractivity contribution in [3.63, 3.8) is 0 Å². The molecular formula is C19H24N4O2. The van der Waals surface area contributed by atoms with Crippen molar-refractivity contribution in [3.05, 3.63) is 47.7 Å². The minimum absolute atomic E-state index is 0.121. The van der Waals surface area contributed by atoms with Crippen molar-refractivity contribution < 1.29 is 9.59 Å². The fourth-order valence-electron chi connectivity index (χ4n) is 3.27. The number of nitrogens with one attached hydrogen (secondary N) is 2. The highest BCUT2D eigenvalue weighted by atomic mass is 16.2. The lowest BCUT2D eigenvalue weighted by atomic mass is 10.1. The van der Waals surface area contributed by atoms with Crippen LogP contribution < -0.4 is 10.6 Å². The van der Waals surface area contributed by atoms with Crippen LogP contribution in [0.2, 0.25) is 0 Å². The summed E-state index contributed by atoms with van der Waals surface area (Å²) in [5.74, 6) is 0.467. The van der Waals surface area contributed by atoms with Gasteiger partial charge in [0, 0.05) is 24.6 Å². The zero-order valence-electron chi connectivity index (χ0n) is 14.5. The summed E-state index contributed by atoms with van der Waals surface area (Å²) in [7, 11) is 0. The van der Waals surface area contributed by atoms with Gasteiger partial charge >= 0.3 is 0 Å². The topological polar surface area (TPSA) is 76.0 Å². The lowest BCUT2D eigenvalue weighted by molar-refractivity contribution is -0.116. The molecule has 1 aliphatic carbocycles. The average Bonchev–Trinajstić information content (AvgIpc) is 3.26. The molecule has 1 heterocycles. The summed E-state index contributed by atoms with van der Waals surface area (Å²) in [5.41, 5.74) is 1.56. The largest absolute Gasteiger partial charge is 0.352 e. The second kappa shape index (κ2) is 7.96. The van der Waals surface area contributed by atoms with Gasteiger partial charge in [-0.25, -0.2) is 4.68 Å². The van der Waals surface area contributed by atoms with E-state index in [1.165, 1.54) is 12.8 Å². The molecule has 1 saturated carbocycles. The number of hydrogen-bond donors (Lipinski definition) is 2. The Morgan fingerprint density at radius 3 is 2.72 bits per heavy atom. The van der Waals surface area contributed by atoms with Crippen molar-refractivity contribution in [3.8, 4) is 0 Å². The Bertz CT molecular complexity index is 747. The van der Waals surface area contributed by atoms with E-state index in [0.29, 0.717) is 18.2 Å². The molecule has 0 saturated heterocycles. The molecule has 0 radical (unpaired) electrons. The number of benzene rings is 1. The maximum atomic E-state index is 12.2. The molecule has 3 rings (SSSR count). The molecule has 0 spiro atoms. The molecule has 2 amide bonds. The van der Waals surface area contributed by atoms with E-state index in [0.717, 1.165) is 24.2 Å². The van der Waals surface area contributed by atoms with Crippen LogP contribution in [0, 0.1) is 6.92 Å². The van der Waals surface area contributed by atoms with Gasteiger partial charge in [-0.1, -0.05) is 31.0 Å². The van der Waals surface area contributed by atoms with Gasteiger partial charge in [-0.05, 0) is 31.4 Å². The van der Waals surface area contributed by atoms with Crippen molar-refractivity contribution in [1.82, 2.24) is 15.1 Å². The van der Waals surface area contributed by atoms with Crippen LogP contribution in [0.25, 0.3) is 0 Å². The maximum absolute atomic E-state index is 12.2. The van der Waals surface area contributed by atoms with Gasteiger partial charge in [-0.3, -0.25) is 9.59 Å². The van der Waals surface area contributed by atoms with Crippen molar-refractivity contribution in [2.75, 3.05) is 11.9 Å². The van der Waals surface area contributed by atoms with Gasteiger partial charge in [0.1, 0.15) is 5.82 Å². The molecule has 1 aromatic carbocycles. The summed E-state index contributed by atoms with van der Waals surface area (Å²) < 4.78 is 1.91. The number of rotatable bonds is 6. The van der Waals surface area contributed by atoms with E-state index in [2.05, 4.69) is 15.7 Å². The molecule has 1 aromatic heterocycles. The molecule has 2 aromatic rings. The molecular weight excluding hydrogens is 316 g/mol. The zero-order chi connectivity index (χ0) is 17.6. The van der Waals surface area contributed by atoms with Crippen molar-refractivity contribution in [2.24, 2.45) is 0 Å². The highest BCUT2D eigenvalue weighted by Crippen LogP contribution is 2.31. The monoisotopic (exact) mass is 340 g/mol. The van der Waals surface area contributed by atoms with Crippen molar-refractivity contribution in [1.29, 1.82) is 0 Å². The van der Waals surface area contributed by atoms with E-state index in [9.17, 15) is 9.59 Å². The normalized spacial score (nSPS) is 14.4. The fourth-order valence-corrected chi connectivity index (χ4v) is 3.27. The third kappa shape index (κ3) is 4.26. The number of anilines is 1. The minimum Gasteiger partial charge on any atom is -0.352 e. The summed E-state index contributed by atoms with van der Waals surface area (Å²) in [5, 5.41) is 10.0. The number of carbonyl (C=O) groups excluding carboxylic acids is 2. The van der Waals surface area contributed by atoms with Crippen molar-refractivity contribution >= 4 is 17.6 Å². The Hall–Kier alpha value is -2.63. The van der Waals surface area contributed by atoms with Crippen LogP contribution in [0.3, 0.4) is 0 Å². The zero-order valence-corrected chi connectivity index (χ0v) is 14.5. The van der Waals surface area contributed by atoms with Gasteiger partial charge in [0.15, 0.2) is 0 Å². The molecule has 1 fully saturated rings. The van der Waals surface area contributed by atoms with Crippen LogP contribution in [-0.4, -0.2) is 28.1 Å². The Kier molecular flexibility index (Phi) is 5.48. The van der Waals surface area contributed by atoms with Gasteiger partial charge < -0.3 is 10.6 Å². The first-order valence-electron chi connectivity index (χ1n) is 8.82. The summed E-state index contributed by atoms with van der Waals surface area (Å²) in [6.07, 6.45) is 6.58. The van der Waals surface area contributed by atoms with E-state index in [4.69, 9.17) is 0 Å². The standard InChI is InChI=1S/C19H24N4O2/c1-14-6-2-5-9-16(14)19(25)20-12-11-18(24)22-17-10-13-21-23(17)15-7-3-4-8-15/h2,5-6,9-10,13,15H,3-4,7-8,11-12H2,1H3,(H,20,25)(H,22,24). The molecule has 0 atom stereocenters. The van der Waals surface area contributed by atoms with Crippen LogP contribution in [-0.2, 0) is 4.79 Å². The summed E-state index contributed by atoms with van der Waals surface area (Å²) in [6, 6.07) is 9.61. The van der Waals surface area contributed by atoms with E-state index in [1.54, 1.807) is 12.3 Å². The van der Waals surface area contributed by atoms with Crippen molar-refractivity contribution in [2.45, 2.75) is 45.1 Å². The Labute approximate surface area is 147 Å². The van der Waals surface area contributed by atoms with Crippen LogP contribution in [0.1, 0.15) is 54.1 Å². The van der Waals surface area contributed by atoms with E-state index < -0.39 is 0 Å². The fraction of sp³-hybridized carbons (Fsp3) is 0.421. The first-order chi connectivity index (χ1) is 12.1. The van der Waals surface area contributed by atoms with E-state index >= 15 is 0 Å². The van der Waals surface area contributed by atoms with Gasteiger partial charge in [-0.2, -0.15) is 5.10 Å². The quantitative estimate of drug-likeness (QED) is 0.848. The molecule has 2 N–H and O–H groups in total. The molecule has 1 aliphatic rings. The predicted octanol–water partition coefficient (Wildman–Crippen LogP) is 3.07. The summed E-state index contributed by atoms with van der Waals surface area (Å²) in [4.78, 5) is 24.3. The van der Waals surface area contributed by atoms with Gasteiger partial charge in [0.05, 0.1) is 12.2 Å². The Morgan fingerprint density at radius 1 is 1.20 bits per heavy atom. The van der Waals surface area contributed by atoms with E-state index in [1.807, 2.05) is 35.9 Å². The second-order valence-corrected chi connectivity index (χ2v) is 6.47. The minimum atomic E-state index is -0.151. The second-order valence-electron chi connectivity index (χ2n) is 6.47. The molecule has 6 nitrogen and oxygen atoms in total. The third-order valence-electron chi connectivity index (χ3n) is 4.64. The Morgan fingerprint density at radius 2 is 1.96 bits per heavy atom. The van der Waals surface area contributed by atoms with Crippen LogP contribution >= 0.6 is 0 Å².